The number of pyridine rings is 1. The Morgan fingerprint density at radius 1 is 1.35 bits per heavy atom. The van der Waals surface area contributed by atoms with Gasteiger partial charge in [0, 0.05) is 24.9 Å². The van der Waals surface area contributed by atoms with Gasteiger partial charge in [-0.05, 0) is 30.9 Å². The maximum atomic E-state index is 12.0. The molecule has 8 heteroatoms. The average Bonchev–Trinajstić information content (AvgIpc) is 3.02. The molecule has 1 aliphatic carbocycles. The summed E-state index contributed by atoms with van der Waals surface area (Å²) in [5.74, 6) is 0.373. The summed E-state index contributed by atoms with van der Waals surface area (Å²) in [7, 11) is 0. The highest BCUT2D eigenvalue weighted by Gasteiger charge is 2.25. The minimum absolute atomic E-state index is 0. The van der Waals surface area contributed by atoms with Crippen LogP contribution in [0.15, 0.2) is 24.5 Å². The molecule has 128 valence electrons. The first-order valence-corrected chi connectivity index (χ1v) is 7.65. The van der Waals surface area contributed by atoms with E-state index in [1.165, 1.54) is 0 Å². The molecule has 2 heterocycles. The molecule has 5 nitrogen and oxygen atoms in total. The molecule has 0 spiro atoms. The van der Waals surface area contributed by atoms with E-state index < -0.39 is 0 Å². The van der Waals surface area contributed by atoms with Crippen LogP contribution in [0.25, 0.3) is 5.65 Å². The Balaban J connectivity index is 0.00000132. The Morgan fingerprint density at radius 3 is 2.83 bits per heavy atom. The molecule has 3 rings (SSSR count). The van der Waals surface area contributed by atoms with Crippen LogP contribution in [0.3, 0.4) is 0 Å². The summed E-state index contributed by atoms with van der Waals surface area (Å²) < 4.78 is 1.86. The molecule has 1 aliphatic rings. The zero-order valence-electron chi connectivity index (χ0n) is 12.6. The van der Waals surface area contributed by atoms with Crippen LogP contribution in [0.1, 0.15) is 31.4 Å². The van der Waals surface area contributed by atoms with Gasteiger partial charge in [-0.25, -0.2) is 4.98 Å². The second-order valence-corrected chi connectivity index (χ2v) is 6.12. The maximum absolute atomic E-state index is 12.0. The van der Waals surface area contributed by atoms with Crippen molar-refractivity contribution in [3.63, 3.8) is 0 Å². The number of carbonyl (C=O) groups is 1. The second kappa shape index (κ2) is 8.73. The van der Waals surface area contributed by atoms with Gasteiger partial charge in [0.1, 0.15) is 5.65 Å². The van der Waals surface area contributed by atoms with Crippen molar-refractivity contribution in [3.05, 3.63) is 35.2 Å². The quantitative estimate of drug-likeness (QED) is 0.858. The maximum Gasteiger partial charge on any atom is 0.220 e. The van der Waals surface area contributed by atoms with E-state index in [0.717, 1.165) is 30.6 Å². The van der Waals surface area contributed by atoms with Gasteiger partial charge in [-0.3, -0.25) is 4.79 Å². The molecule has 23 heavy (non-hydrogen) atoms. The van der Waals surface area contributed by atoms with Crippen molar-refractivity contribution >= 4 is 48.0 Å². The molecule has 2 atom stereocenters. The molecule has 0 bridgehead atoms. The highest BCUT2D eigenvalue weighted by molar-refractivity contribution is 6.30. The number of amides is 1. The fourth-order valence-electron chi connectivity index (χ4n) is 2.92. The van der Waals surface area contributed by atoms with Crippen LogP contribution >= 0.6 is 36.4 Å². The predicted molar refractivity (Wildman–Crippen MR) is 96.5 cm³/mol. The van der Waals surface area contributed by atoms with E-state index in [4.69, 9.17) is 17.3 Å². The largest absolute Gasteiger partial charge is 0.350 e. The molecule has 0 aromatic carbocycles. The number of halogens is 3. The van der Waals surface area contributed by atoms with Crippen LogP contribution in [0, 0.1) is 5.92 Å². The molecular weight excluding hydrogens is 359 g/mol. The van der Waals surface area contributed by atoms with E-state index in [1.807, 2.05) is 16.7 Å². The molecule has 2 aromatic rings. The molecular formula is C15H21Cl3N4O. The third kappa shape index (κ3) is 4.98. The number of hydrogen-bond donors (Lipinski definition) is 2. The van der Waals surface area contributed by atoms with E-state index in [0.29, 0.717) is 23.9 Å². The molecule has 2 aromatic heterocycles. The Hall–Kier alpha value is -1.01. The summed E-state index contributed by atoms with van der Waals surface area (Å²) in [6, 6.07) is 3.83. The standard InChI is InChI=1S/C15H19ClN4O.2ClH/c16-11-4-5-14-19-12(9-20(14)8-11)7-18-15(21)6-10-2-1-3-13(10)17;;/h4-5,8-10,13H,1-3,6-7,17H2,(H,18,21);2*1H/t10-,13+;;/m0../s1. The summed E-state index contributed by atoms with van der Waals surface area (Å²) in [4.78, 5) is 16.4. The number of nitrogens with zero attached hydrogens (tertiary/aromatic N) is 2. The summed E-state index contributed by atoms with van der Waals surface area (Å²) in [5, 5.41) is 3.58. The lowest BCUT2D eigenvalue weighted by atomic mass is 10.00. The van der Waals surface area contributed by atoms with Crippen LogP contribution in [-0.2, 0) is 11.3 Å². The van der Waals surface area contributed by atoms with Gasteiger partial charge < -0.3 is 15.5 Å². The molecule has 1 amide bonds. The number of aromatic nitrogens is 2. The number of rotatable bonds is 4. The lowest BCUT2D eigenvalue weighted by molar-refractivity contribution is -0.122. The molecule has 0 unspecified atom stereocenters. The van der Waals surface area contributed by atoms with Crippen molar-refractivity contribution in [1.82, 2.24) is 14.7 Å². The van der Waals surface area contributed by atoms with Gasteiger partial charge >= 0.3 is 0 Å². The average molecular weight is 380 g/mol. The topological polar surface area (TPSA) is 72.4 Å². The molecule has 3 N–H and O–H groups in total. The van der Waals surface area contributed by atoms with Crippen molar-refractivity contribution in [1.29, 1.82) is 0 Å². The highest BCUT2D eigenvalue weighted by atomic mass is 35.5. The first-order valence-electron chi connectivity index (χ1n) is 7.27. The highest BCUT2D eigenvalue weighted by Crippen LogP contribution is 2.26. The summed E-state index contributed by atoms with van der Waals surface area (Å²) >= 11 is 5.93. The van der Waals surface area contributed by atoms with Crippen molar-refractivity contribution in [3.8, 4) is 0 Å². The monoisotopic (exact) mass is 378 g/mol. The van der Waals surface area contributed by atoms with Gasteiger partial charge in [0.05, 0.1) is 17.3 Å². The number of hydrogen-bond acceptors (Lipinski definition) is 3. The first-order chi connectivity index (χ1) is 10.1. The molecule has 1 saturated carbocycles. The summed E-state index contributed by atoms with van der Waals surface area (Å²) in [6.07, 6.45) is 7.41. The van der Waals surface area contributed by atoms with Gasteiger partial charge in [0.2, 0.25) is 5.91 Å². The van der Waals surface area contributed by atoms with E-state index in [1.54, 1.807) is 12.3 Å². The molecule has 0 saturated heterocycles. The third-order valence-electron chi connectivity index (χ3n) is 4.10. The van der Waals surface area contributed by atoms with E-state index in [-0.39, 0.29) is 36.8 Å². The fraction of sp³-hybridized carbons (Fsp3) is 0.467. The van der Waals surface area contributed by atoms with Gasteiger partial charge in [-0.1, -0.05) is 18.0 Å². The normalized spacial score (nSPS) is 19.9. The van der Waals surface area contributed by atoms with Crippen LogP contribution in [0.2, 0.25) is 5.02 Å². The number of nitrogens with two attached hydrogens (primary N) is 1. The smallest absolute Gasteiger partial charge is 0.220 e. The lowest BCUT2D eigenvalue weighted by Crippen LogP contribution is -2.31. The SMILES string of the molecule is Cl.Cl.N[C@@H]1CCC[C@H]1CC(=O)NCc1cn2cc(Cl)ccc2n1. The molecule has 1 fully saturated rings. The van der Waals surface area contributed by atoms with Gasteiger partial charge in [0.25, 0.3) is 0 Å². The number of nitrogens with one attached hydrogen (secondary N) is 1. The molecule has 0 radical (unpaired) electrons. The Bertz CT molecular complexity index is 661. The van der Waals surface area contributed by atoms with Crippen molar-refractivity contribution in [2.24, 2.45) is 11.7 Å². The predicted octanol–water partition coefficient (Wildman–Crippen LogP) is 2.97. The Morgan fingerprint density at radius 2 is 2.13 bits per heavy atom. The van der Waals surface area contributed by atoms with E-state index in [9.17, 15) is 4.79 Å². The first kappa shape index (κ1) is 20.0. The van der Waals surface area contributed by atoms with Gasteiger partial charge in [-0.2, -0.15) is 0 Å². The van der Waals surface area contributed by atoms with Crippen LogP contribution in [-0.4, -0.2) is 21.3 Å². The minimum Gasteiger partial charge on any atom is -0.350 e. The number of fused-ring (bicyclic) bond motifs is 1. The zero-order chi connectivity index (χ0) is 14.8. The molecule has 0 aliphatic heterocycles. The van der Waals surface area contributed by atoms with Crippen molar-refractivity contribution < 1.29 is 4.79 Å². The van der Waals surface area contributed by atoms with Gasteiger partial charge in [0.15, 0.2) is 0 Å². The van der Waals surface area contributed by atoms with Crippen molar-refractivity contribution in [2.45, 2.75) is 38.3 Å². The van der Waals surface area contributed by atoms with Crippen molar-refractivity contribution in [2.75, 3.05) is 0 Å². The summed E-state index contributed by atoms with van der Waals surface area (Å²) in [5.41, 5.74) is 7.63. The second-order valence-electron chi connectivity index (χ2n) is 5.68. The third-order valence-corrected chi connectivity index (χ3v) is 4.32. The zero-order valence-corrected chi connectivity index (χ0v) is 15.0. The van der Waals surface area contributed by atoms with Crippen LogP contribution in [0.4, 0.5) is 0 Å². The minimum atomic E-state index is 0. The van der Waals surface area contributed by atoms with Gasteiger partial charge in [-0.15, -0.1) is 24.8 Å². The van der Waals surface area contributed by atoms with E-state index in [2.05, 4.69) is 10.3 Å². The number of imidazole rings is 1. The lowest BCUT2D eigenvalue weighted by Gasteiger charge is -2.14. The van der Waals surface area contributed by atoms with E-state index >= 15 is 0 Å². The Kier molecular flexibility index (Phi) is 7.61. The number of carbonyl (C=O) groups excluding carboxylic acids is 1. The summed E-state index contributed by atoms with van der Waals surface area (Å²) in [6.45, 7) is 0.431. The Labute approximate surface area is 152 Å². The van der Waals surface area contributed by atoms with Crippen LogP contribution < -0.4 is 11.1 Å². The van der Waals surface area contributed by atoms with Crippen LogP contribution in [0.5, 0.6) is 0 Å². The fourth-order valence-corrected chi connectivity index (χ4v) is 3.09.